The maximum Gasteiger partial charge on any atom is 0.446 e. The minimum Gasteiger partial charge on any atom is -0.441 e. The van der Waals surface area contributed by atoms with E-state index >= 15 is 0 Å². The van der Waals surface area contributed by atoms with Gasteiger partial charge in [-0.3, -0.25) is 0 Å². The van der Waals surface area contributed by atoms with Crippen LogP contribution < -0.4 is 0 Å². The summed E-state index contributed by atoms with van der Waals surface area (Å²) in [5.74, 6) is 0. The van der Waals surface area contributed by atoms with E-state index in [1.807, 2.05) is 40.0 Å². The highest BCUT2D eigenvalue weighted by Crippen LogP contribution is 2.37. The van der Waals surface area contributed by atoms with Crippen LogP contribution in [0.15, 0.2) is 35.4 Å². The predicted molar refractivity (Wildman–Crippen MR) is 90.8 cm³/mol. The van der Waals surface area contributed by atoms with E-state index in [0.717, 1.165) is 16.8 Å². The van der Waals surface area contributed by atoms with Crippen LogP contribution in [0.2, 0.25) is 0 Å². The fraction of sp³-hybridized carbons (Fsp3) is 0.444. The standard InChI is InChI=1S/C18H23N3O2/c1-17(2,3)23-16(22)21-19-15-14-9-7-6-8-13(14)10-11-18(15,4)12-20(21)5/h6-11H,12H2,1-5H3. The van der Waals surface area contributed by atoms with Crippen molar-refractivity contribution in [2.75, 3.05) is 13.6 Å². The first-order valence-electron chi connectivity index (χ1n) is 7.81. The lowest BCUT2D eigenvalue weighted by Gasteiger charge is -2.43. The minimum absolute atomic E-state index is 0.221. The van der Waals surface area contributed by atoms with Gasteiger partial charge in [-0.05, 0) is 33.3 Å². The summed E-state index contributed by atoms with van der Waals surface area (Å²) in [5.41, 5.74) is 2.32. The second-order valence-electron chi connectivity index (χ2n) is 7.37. The van der Waals surface area contributed by atoms with Gasteiger partial charge in [0, 0.05) is 24.6 Å². The van der Waals surface area contributed by atoms with Crippen LogP contribution in [0.1, 0.15) is 38.8 Å². The van der Waals surface area contributed by atoms with Crippen LogP contribution in [0.4, 0.5) is 4.79 Å². The Bertz CT molecular complexity index is 702. The van der Waals surface area contributed by atoms with Crippen molar-refractivity contribution in [1.82, 2.24) is 10.1 Å². The Kier molecular flexibility index (Phi) is 3.56. The molecule has 1 aliphatic heterocycles. The van der Waals surface area contributed by atoms with Gasteiger partial charge in [0.05, 0.1) is 5.71 Å². The number of hydrazone groups is 1. The molecule has 122 valence electrons. The number of hydrogen-bond donors (Lipinski definition) is 0. The second kappa shape index (κ2) is 5.20. The first-order chi connectivity index (χ1) is 10.7. The van der Waals surface area contributed by atoms with Crippen LogP contribution in [0, 0.1) is 5.41 Å². The van der Waals surface area contributed by atoms with E-state index in [1.165, 1.54) is 5.12 Å². The smallest absolute Gasteiger partial charge is 0.441 e. The van der Waals surface area contributed by atoms with E-state index in [9.17, 15) is 4.79 Å². The number of nitrogens with zero attached hydrogens (tertiary/aromatic N) is 3. The topological polar surface area (TPSA) is 45.1 Å². The predicted octanol–water partition coefficient (Wildman–Crippen LogP) is 3.52. The summed E-state index contributed by atoms with van der Waals surface area (Å²) >= 11 is 0. The third-order valence-corrected chi connectivity index (χ3v) is 4.02. The molecule has 0 aromatic heterocycles. The number of carbonyl (C=O) groups excluding carboxylic acids is 1. The molecule has 1 atom stereocenters. The van der Waals surface area contributed by atoms with Gasteiger partial charge in [0.2, 0.25) is 0 Å². The van der Waals surface area contributed by atoms with Gasteiger partial charge >= 0.3 is 6.09 Å². The van der Waals surface area contributed by atoms with Crippen molar-refractivity contribution in [1.29, 1.82) is 0 Å². The molecule has 1 aliphatic carbocycles. The molecule has 0 spiro atoms. The average Bonchev–Trinajstić information content (AvgIpc) is 2.44. The number of rotatable bonds is 0. The molecule has 0 radical (unpaired) electrons. The largest absolute Gasteiger partial charge is 0.446 e. The van der Waals surface area contributed by atoms with Crippen molar-refractivity contribution in [3.63, 3.8) is 0 Å². The Labute approximate surface area is 137 Å². The Morgan fingerprint density at radius 2 is 2.00 bits per heavy atom. The number of hydrazine groups is 1. The molecule has 0 fully saturated rings. The SMILES string of the molecule is CN1CC2(C)C=Cc3ccccc3C2=NN1C(=O)OC(C)(C)C. The van der Waals surface area contributed by atoms with Crippen LogP contribution >= 0.6 is 0 Å². The number of hydrogen-bond acceptors (Lipinski definition) is 4. The average molecular weight is 313 g/mol. The Morgan fingerprint density at radius 3 is 2.70 bits per heavy atom. The molecule has 2 aliphatic rings. The van der Waals surface area contributed by atoms with Crippen molar-refractivity contribution < 1.29 is 9.53 Å². The van der Waals surface area contributed by atoms with E-state index in [0.29, 0.717) is 6.54 Å². The summed E-state index contributed by atoms with van der Waals surface area (Å²) in [6.07, 6.45) is 3.84. The highest BCUT2D eigenvalue weighted by Gasteiger charge is 2.41. The zero-order chi connectivity index (χ0) is 16.8. The van der Waals surface area contributed by atoms with Crippen LogP contribution in [0.5, 0.6) is 0 Å². The van der Waals surface area contributed by atoms with E-state index in [4.69, 9.17) is 4.74 Å². The molecule has 23 heavy (non-hydrogen) atoms. The third-order valence-electron chi connectivity index (χ3n) is 4.02. The molecular formula is C18H23N3O2. The van der Waals surface area contributed by atoms with E-state index < -0.39 is 11.7 Å². The van der Waals surface area contributed by atoms with Crippen LogP contribution in [0.25, 0.3) is 6.08 Å². The first-order valence-corrected chi connectivity index (χ1v) is 7.81. The van der Waals surface area contributed by atoms with Crippen molar-refractivity contribution in [3.8, 4) is 0 Å². The molecule has 1 aromatic rings. The third kappa shape index (κ3) is 2.88. The number of carbonyl (C=O) groups is 1. The Hall–Kier alpha value is -2.14. The van der Waals surface area contributed by atoms with Crippen LogP contribution in [-0.4, -0.2) is 41.1 Å². The van der Waals surface area contributed by atoms with Crippen LogP contribution in [0.3, 0.4) is 0 Å². The number of ether oxygens (including phenoxy) is 1. The van der Waals surface area contributed by atoms with Gasteiger partial charge in [-0.15, -0.1) is 5.12 Å². The maximum atomic E-state index is 12.5. The van der Waals surface area contributed by atoms with Gasteiger partial charge in [-0.2, -0.15) is 10.1 Å². The molecule has 5 heteroatoms. The monoisotopic (exact) mass is 313 g/mol. The quantitative estimate of drug-likeness (QED) is 0.736. The molecule has 3 rings (SSSR count). The molecule has 5 nitrogen and oxygen atoms in total. The van der Waals surface area contributed by atoms with E-state index in [1.54, 1.807) is 5.01 Å². The van der Waals surface area contributed by atoms with Gasteiger partial charge < -0.3 is 4.74 Å². The van der Waals surface area contributed by atoms with Crippen molar-refractivity contribution in [2.24, 2.45) is 10.5 Å². The van der Waals surface area contributed by atoms with Gasteiger partial charge in [-0.25, -0.2) is 4.79 Å². The Balaban J connectivity index is 2.02. The number of benzene rings is 1. The first kappa shape index (κ1) is 15.7. The lowest BCUT2D eigenvalue weighted by Crippen LogP contribution is -2.54. The number of fused-ring (bicyclic) bond motifs is 3. The zero-order valence-corrected chi connectivity index (χ0v) is 14.3. The van der Waals surface area contributed by atoms with Gasteiger partial charge in [0.15, 0.2) is 0 Å². The molecule has 1 amide bonds. The lowest BCUT2D eigenvalue weighted by atomic mass is 9.75. The van der Waals surface area contributed by atoms with Crippen molar-refractivity contribution in [3.05, 3.63) is 41.5 Å². The highest BCUT2D eigenvalue weighted by molar-refractivity contribution is 6.11. The summed E-state index contributed by atoms with van der Waals surface area (Å²) in [6, 6.07) is 8.11. The number of amides is 1. The molecule has 0 saturated heterocycles. The van der Waals surface area contributed by atoms with Crippen molar-refractivity contribution >= 4 is 17.9 Å². The van der Waals surface area contributed by atoms with Crippen LogP contribution in [-0.2, 0) is 4.74 Å². The van der Waals surface area contributed by atoms with Gasteiger partial charge in [0.1, 0.15) is 5.60 Å². The van der Waals surface area contributed by atoms with Gasteiger partial charge in [0.25, 0.3) is 0 Å². The fourth-order valence-corrected chi connectivity index (χ4v) is 3.01. The Morgan fingerprint density at radius 1 is 1.30 bits per heavy atom. The summed E-state index contributed by atoms with van der Waals surface area (Å²) in [4.78, 5) is 12.5. The molecular weight excluding hydrogens is 290 g/mol. The summed E-state index contributed by atoms with van der Waals surface area (Å²) in [5, 5.41) is 7.77. The normalized spacial score (nSPS) is 23.9. The highest BCUT2D eigenvalue weighted by atomic mass is 16.6. The van der Waals surface area contributed by atoms with E-state index in [-0.39, 0.29) is 5.41 Å². The molecule has 1 heterocycles. The molecule has 0 N–H and O–H groups in total. The summed E-state index contributed by atoms with van der Waals surface area (Å²) in [7, 11) is 1.85. The van der Waals surface area contributed by atoms with Gasteiger partial charge in [-0.1, -0.05) is 36.4 Å². The molecule has 1 aromatic carbocycles. The zero-order valence-electron chi connectivity index (χ0n) is 14.3. The minimum atomic E-state index is -0.552. The maximum absolute atomic E-state index is 12.5. The summed E-state index contributed by atoms with van der Waals surface area (Å²) in [6.45, 7) is 8.36. The molecule has 0 saturated carbocycles. The fourth-order valence-electron chi connectivity index (χ4n) is 3.01. The molecule has 0 bridgehead atoms. The second-order valence-corrected chi connectivity index (χ2v) is 7.37. The van der Waals surface area contributed by atoms with E-state index in [2.05, 4.69) is 36.3 Å². The lowest BCUT2D eigenvalue weighted by molar-refractivity contribution is -0.0509. The molecule has 1 unspecified atom stereocenters. The summed E-state index contributed by atoms with van der Waals surface area (Å²) < 4.78 is 5.47. The van der Waals surface area contributed by atoms with Crippen molar-refractivity contribution in [2.45, 2.75) is 33.3 Å².